The number of nitrogens with zero attached hydrogens (tertiary/aromatic N) is 1. The van der Waals surface area contributed by atoms with Crippen molar-refractivity contribution in [1.29, 1.82) is 0 Å². The minimum Gasteiger partial charge on any atom is -0.458 e. The lowest BCUT2D eigenvalue weighted by Crippen LogP contribution is -2.45. The van der Waals surface area contributed by atoms with Crippen molar-refractivity contribution in [3.63, 3.8) is 0 Å². The lowest BCUT2D eigenvalue weighted by atomic mass is 9.73. The second kappa shape index (κ2) is 10.8. The molecule has 0 aromatic carbocycles. The molecule has 2 fully saturated rings. The first-order valence-electron chi connectivity index (χ1n) is 12.6. The van der Waals surface area contributed by atoms with Crippen LogP contribution in [-0.2, 0) is 19.1 Å². The summed E-state index contributed by atoms with van der Waals surface area (Å²) in [6, 6.07) is 0. The van der Waals surface area contributed by atoms with Crippen LogP contribution < -0.4 is 0 Å². The van der Waals surface area contributed by atoms with E-state index in [2.05, 4.69) is 11.9 Å². The number of carbonyl (C=O) groups is 2. The van der Waals surface area contributed by atoms with Gasteiger partial charge in [-0.15, -0.1) is 11.3 Å². The van der Waals surface area contributed by atoms with Crippen molar-refractivity contribution in [2.75, 3.05) is 0 Å². The first-order valence-corrected chi connectivity index (χ1v) is 13.5. The van der Waals surface area contributed by atoms with Gasteiger partial charge in [-0.3, -0.25) is 9.59 Å². The Balaban J connectivity index is 1.85. The van der Waals surface area contributed by atoms with Gasteiger partial charge in [0.05, 0.1) is 46.5 Å². The molecule has 0 unspecified atom stereocenters. The monoisotopic (exact) mass is 507 g/mol. The Kier molecular flexibility index (Phi) is 8.62. The van der Waals surface area contributed by atoms with Crippen LogP contribution in [0.25, 0.3) is 6.08 Å². The molecule has 35 heavy (non-hydrogen) atoms. The van der Waals surface area contributed by atoms with Crippen molar-refractivity contribution in [2.24, 2.45) is 17.3 Å². The van der Waals surface area contributed by atoms with E-state index >= 15 is 0 Å². The second-order valence-electron chi connectivity index (χ2n) is 11.3. The molecule has 8 heteroatoms. The number of carbonyl (C=O) groups excluding carboxylic acids is 2. The summed E-state index contributed by atoms with van der Waals surface area (Å²) in [5.41, 5.74) is 0.179. The van der Waals surface area contributed by atoms with Gasteiger partial charge in [-0.1, -0.05) is 34.1 Å². The third-order valence-corrected chi connectivity index (χ3v) is 8.72. The zero-order valence-corrected chi connectivity index (χ0v) is 22.9. The molecular formula is C27H41NO6S. The Hall–Kier alpha value is -1.61. The number of aliphatic hydroxyl groups excluding tert-OH is 2. The number of ketones is 1. The lowest BCUT2D eigenvalue weighted by Gasteiger charge is -2.34. The van der Waals surface area contributed by atoms with Crippen LogP contribution in [0.5, 0.6) is 0 Å². The van der Waals surface area contributed by atoms with E-state index < -0.39 is 35.6 Å². The maximum absolute atomic E-state index is 13.2. The average molecular weight is 508 g/mol. The van der Waals surface area contributed by atoms with Gasteiger partial charge in [-0.25, -0.2) is 4.98 Å². The van der Waals surface area contributed by atoms with E-state index in [-0.39, 0.29) is 29.8 Å². The van der Waals surface area contributed by atoms with Gasteiger partial charge < -0.3 is 19.7 Å². The number of hydrogen-bond donors (Lipinski definition) is 2. The summed E-state index contributed by atoms with van der Waals surface area (Å²) in [6.07, 6.45) is 1.98. The van der Waals surface area contributed by atoms with Crippen LogP contribution >= 0.6 is 11.3 Å². The molecule has 1 aromatic rings. The number of aromatic nitrogens is 1. The molecule has 0 saturated carbocycles. The van der Waals surface area contributed by atoms with Crippen molar-refractivity contribution < 1.29 is 29.3 Å². The minimum atomic E-state index is -1.23. The van der Waals surface area contributed by atoms with Gasteiger partial charge in [-0.05, 0) is 51.2 Å². The highest BCUT2D eigenvalue weighted by molar-refractivity contribution is 7.09. The molecule has 3 heterocycles. The van der Waals surface area contributed by atoms with E-state index in [1.165, 1.54) is 0 Å². The van der Waals surface area contributed by atoms with Crippen LogP contribution in [0, 0.1) is 24.2 Å². The van der Waals surface area contributed by atoms with Gasteiger partial charge in [0.25, 0.3) is 0 Å². The molecule has 0 radical (unpaired) electrons. The Morgan fingerprint density at radius 2 is 1.91 bits per heavy atom. The predicted octanol–water partition coefficient (Wildman–Crippen LogP) is 4.48. The van der Waals surface area contributed by atoms with E-state index in [4.69, 9.17) is 9.47 Å². The largest absolute Gasteiger partial charge is 0.458 e. The molecule has 0 bridgehead atoms. The summed E-state index contributed by atoms with van der Waals surface area (Å²) in [5, 5.41) is 24.6. The highest BCUT2D eigenvalue weighted by Gasteiger charge is 2.53. The molecule has 0 aliphatic carbocycles. The summed E-state index contributed by atoms with van der Waals surface area (Å²) in [6.45, 7) is 12.8. The number of fused-ring (bicyclic) bond motifs is 1. The van der Waals surface area contributed by atoms with Gasteiger partial charge in [0, 0.05) is 17.7 Å². The SMILES string of the molecule is CC(=Cc1csc(C)n1)[C@H]1C[C@@H]2O[C@@]2(C)CCC[C@@H](C)[C@@H](O)[C@H](C)C(=O)C(C)(C)[C@H](O)CC(=O)O1. The number of ether oxygens (including phenoxy) is 2. The first-order chi connectivity index (χ1) is 16.2. The number of epoxide rings is 1. The number of hydrogen-bond acceptors (Lipinski definition) is 8. The van der Waals surface area contributed by atoms with Crippen LogP contribution in [0.4, 0.5) is 0 Å². The topological polar surface area (TPSA) is 109 Å². The predicted molar refractivity (Wildman–Crippen MR) is 136 cm³/mol. The van der Waals surface area contributed by atoms with Crippen molar-refractivity contribution >= 4 is 29.2 Å². The molecular weight excluding hydrogens is 466 g/mol. The number of rotatable bonds is 2. The summed E-state index contributed by atoms with van der Waals surface area (Å²) >= 11 is 1.56. The zero-order chi connectivity index (χ0) is 26.1. The van der Waals surface area contributed by atoms with E-state index in [0.29, 0.717) is 6.42 Å². The van der Waals surface area contributed by atoms with E-state index in [1.807, 2.05) is 32.2 Å². The summed E-state index contributed by atoms with van der Waals surface area (Å²) in [4.78, 5) is 30.6. The first kappa shape index (κ1) is 28.0. The van der Waals surface area contributed by atoms with Crippen LogP contribution in [-0.4, -0.2) is 57.0 Å². The second-order valence-corrected chi connectivity index (χ2v) is 12.3. The van der Waals surface area contributed by atoms with Crippen molar-refractivity contribution in [1.82, 2.24) is 4.98 Å². The zero-order valence-electron chi connectivity index (χ0n) is 22.0. The summed E-state index contributed by atoms with van der Waals surface area (Å²) in [7, 11) is 0. The highest BCUT2D eigenvalue weighted by Crippen LogP contribution is 2.45. The molecule has 2 N–H and O–H groups in total. The highest BCUT2D eigenvalue weighted by atomic mass is 32.1. The summed E-state index contributed by atoms with van der Waals surface area (Å²) in [5.74, 6) is -1.55. The third-order valence-electron chi connectivity index (χ3n) is 7.93. The van der Waals surface area contributed by atoms with Crippen molar-refractivity contribution in [2.45, 2.75) is 111 Å². The Morgan fingerprint density at radius 1 is 1.23 bits per heavy atom. The van der Waals surface area contributed by atoms with Crippen molar-refractivity contribution in [3.8, 4) is 0 Å². The summed E-state index contributed by atoms with van der Waals surface area (Å²) < 4.78 is 11.9. The van der Waals surface area contributed by atoms with Gasteiger partial charge in [0.1, 0.15) is 11.9 Å². The van der Waals surface area contributed by atoms with E-state index in [1.54, 1.807) is 32.1 Å². The van der Waals surface area contributed by atoms with Gasteiger partial charge >= 0.3 is 5.97 Å². The van der Waals surface area contributed by atoms with E-state index in [0.717, 1.165) is 35.5 Å². The number of aryl methyl sites for hydroxylation is 1. The van der Waals surface area contributed by atoms with Crippen molar-refractivity contribution in [3.05, 3.63) is 21.7 Å². The maximum atomic E-state index is 13.2. The van der Waals surface area contributed by atoms with Crippen LogP contribution in [0.15, 0.2) is 11.0 Å². The molecule has 3 rings (SSSR count). The van der Waals surface area contributed by atoms with Gasteiger partial charge in [0.2, 0.25) is 0 Å². The Morgan fingerprint density at radius 3 is 2.54 bits per heavy atom. The standard InChI is InChI=1S/C27H41NO6S/c1-15-9-8-10-27(7)22(34-27)12-20(16(2)11-19-14-35-18(4)28-19)33-23(30)13-21(29)26(5,6)25(32)17(3)24(15)31/h11,14-15,17,20-22,24,29,31H,8-10,12-13H2,1-7H3/t15-,17+,20-,21-,22+,24-,27+/m1/s1. The number of aliphatic hydroxyl groups is 2. The number of esters is 1. The molecule has 2 aliphatic heterocycles. The molecule has 2 aliphatic rings. The number of cyclic esters (lactones) is 1. The fourth-order valence-electron chi connectivity index (χ4n) is 5.07. The molecule has 2 saturated heterocycles. The van der Waals surface area contributed by atoms with E-state index in [9.17, 15) is 19.8 Å². The quantitative estimate of drug-likeness (QED) is 0.449. The molecule has 7 atom stereocenters. The van der Waals surface area contributed by atoms with Gasteiger partial charge in [0.15, 0.2) is 0 Å². The normalized spacial score (nSPS) is 37.5. The molecule has 1 aromatic heterocycles. The number of Topliss-reactive ketones (excluding diaryl/α,β-unsaturated/α-hetero) is 1. The number of thiazole rings is 1. The third kappa shape index (κ3) is 6.59. The lowest BCUT2D eigenvalue weighted by molar-refractivity contribution is -0.154. The average Bonchev–Trinajstić information content (AvgIpc) is 3.22. The smallest absolute Gasteiger partial charge is 0.309 e. The fourth-order valence-corrected chi connectivity index (χ4v) is 5.64. The molecule has 196 valence electrons. The molecule has 0 spiro atoms. The Bertz CT molecular complexity index is 955. The van der Waals surface area contributed by atoms with Crippen LogP contribution in [0.3, 0.4) is 0 Å². The van der Waals surface area contributed by atoms with Gasteiger partial charge in [-0.2, -0.15) is 0 Å². The van der Waals surface area contributed by atoms with Crippen LogP contribution in [0.2, 0.25) is 0 Å². The molecule has 0 amide bonds. The Labute approximate surface area is 212 Å². The van der Waals surface area contributed by atoms with Crippen LogP contribution in [0.1, 0.15) is 84.3 Å². The molecule has 7 nitrogen and oxygen atoms in total. The minimum absolute atomic E-state index is 0.0455. The maximum Gasteiger partial charge on any atom is 0.309 e. The fraction of sp³-hybridized carbons (Fsp3) is 0.741.